The van der Waals surface area contributed by atoms with E-state index in [9.17, 15) is 0 Å². The predicted octanol–water partition coefficient (Wildman–Crippen LogP) is 3.55. The lowest BCUT2D eigenvalue weighted by molar-refractivity contribution is 0.0478. The molecule has 0 radical (unpaired) electrons. The number of hydrogen-bond acceptors (Lipinski definition) is 3. The summed E-state index contributed by atoms with van der Waals surface area (Å²) in [6.45, 7) is 6.67. The lowest BCUT2D eigenvalue weighted by Crippen LogP contribution is -2.33. The van der Waals surface area contributed by atoms with Gasteiger partial charge in [0.25, 0.3) is 0 Å². The van der Waals surface area contributed by atoms with E-state index in [0.29, 0.717) is 24.0 Å². The standard InChI is InChI=1S/C18H24N2O/c1-11-12(2)21-13(3)17(11)18(19-4)15-7-8-16-14(10-15)6-5-9-20-16/h5-13,17-19H,1-4H3. The van der Waals surface area contributed by atoms with Crippen molar-refractivity contribution < 1.29 is 4.74 Å². The lowest BCUT2D eigenvalue weighted by atomic mass is 9.80. The number of benzene rings is 1. The molecule has 112 valence electrons. The normalized spacial score (nSPS) is 30.7. The van der Waals surface area contributed by atoms with Gasteiger partial charge >= 0.3 is 0 Å². The first-order valence-electron chi connectivity index (χ1n) is 7.79. The van der Waals surface area contributed by atoms with Gasteiger partial charge in [-0.25, -0.2) is 0 Å². The first kappa shape index (κ1) is 14.5. The second-order valence-electron chi connectivity index (χ2n) is 6.20. The van der Waals surface area contributed by atoms with Gasteiger partial charge in [0.15, 0.2) is 0 Å². The Balaban J connectivity index is 1.98. The van der Waals surface area contributed by atoms with Gasteiger partial charge in [-0.15, -0.1) is 0 Å². The van der Waals surface area contributed by atoms with E-state index in [1.165, 1.54) is 10.9 Å². The van der Waals surface area contributed by atoms with Crippen LogP contribution in [0.3, 0.4) is 0 Å². The SMILES string of the molecule is CNC(c1ccc2ncccc2c1)C1C(C)OC(C)C1C. The van der Waals surface area contributed by atoms with Crippen LogP contribution in [-0.4, -0.2) is 24.2 Å². The molecule has 1 aromatic carbocycles. The molecule has 21 heavy (non-hydrogen) atoms. The van der Waals surface area contributed by atoms with E-state index in [2.05, 4.69) is 55.3 Å². The topological polar surface area (TPSA) is 34.2 Å². The third kappa shape index (κ3) is 2.56. The van der Waals surface area contributed by atoms with Crippen LogP contribution in [0.15, 0.2) is 36.5 Å². The fourth-order valence-electron chi connectivity index (χ4n) is 3.74. The first-order valence-corrected chi connectivity index (χ1v) is 7.79. The smallest absolute Gasteiger partial charge is 0.0702 e. The highest BCUT2D eigenvalue weighted by Gasteiger charge is 2.41. The average Bonchev–Trinajstić information content (AvgIpc) is 2.74. The number of nitrogens with zero attached hydrogens (tertiary/aromatic N) is 1. The third-order valence-corrected chi connectivity index (χ3v) is 5.00. The van der Waals surface area contributed by atoms with E-state index in [-0.39, 0.29) is 6.10 Å². The zero-order valence-electron chi connectivity index (χ0n) is 13.2. The lowest BCUT2D eigenvalue weighted by Gasteiger charge is -2.29. The van der Waals surface area contributed by atoms with Crippen molar-refractivity contribution in [2.75, 3.05) is 7.05 Å². The van der Waals surface area contributed by atoms with E-state index >= 15 is 0 Å². The summed E-state index contributed by atoms with van der Waals surface area (Å²) in [5.74, 6) is 1.03. The van der Waals surface area contributed by atoms with Crippen LogP contribution >= 0.6 is 0 Å². The van der Waals surface area contributed by atoms with Crippen LogP contribution < -0.4 is 5.32 Å². The van der Waals surface area contributed by atoms with Crippen LogP contribution in [-0.2, 0) is 4.74 Å². The Morgan fingerprint density at radius 2 is 1.95 bits per heavy atom. The first-order chi connectivity index (χ1) is 10.1. The van der Waals surface area contributed by atoms with E-state index in [0.717, 1.165) is 5.52 Å². The maximum atomic E-state index is 6.03. The highest BCUT2D eigenvalue weighted by molar-refractivity contribution is 5.79. The molecule has 5 atom stereocenters. The molecule has 1 aromatic heterocycles. The van der Waals surface area contributed by atoms with Gasteiger partial charge < -0.3 is 10.1 Å². The summed E-state index contributed by atoms with van der Waals surface area (Å²) in [4.78, 5) is 4.40. The summed E-state index contributed by atoms with van der Waals surface area (Å²) in [6.07, 6.45) is 2.44. The quantitative estimate of drug-likeness (QED) is 0.936. The summed E-state index contributed by atoms with van der Waals surface area (Å²) in [5.41, 5.74) is 2.37. The number of rotatable bonds is 3. The molecule has 5 unspecified atom stereocenters. The Labute approximate surface area is 126 Å². The van der Waals surface area contributed by atoms with Gasteiger partial charge in [0.2, 0.25) is 0 Å². The molecule has 0 bridgehead atoms. The summed E-state index contributed by atoms with van der Waals surface area (Å²) >= 11 is 0. The zero-order chi connectivity index (χ0) is 15.0. The fourth-order valence-corrected chi connectivity index (χ4v) is 3.74. The van der Waals surface area contributed by atoms with Crippen LogP contribution in [0.5, 0.6) is 0 Å². The maximum absolute atomic E-state index is 6.03. The molecule has 1 aliphatic heterocycles. The molecular weight excluding hydrogens is 260 g/mol. The summed E-state index contributed by atoms with van der Waals surface area (Å²) in [6, 6.07) is 11.0. The van der Waals surface area contributed by atoms with Gasteiger partial charge in [0.05, 0.1) is 17.7 Å². The van der Waals surface area contributed by atoms with Crippen molar-refractivity contribution in [3.05, 3.63) is 42.1 Å². The van der Waals surface area contributed by atoms with Crippen LogP contribution in [0.25, 0.3) is 10.9 Å². The van der Waals surface area contributed by atoms with Crippen molar-refractivity contribution in [1.29, 1.82) is 0 Å². The maximum Gasteiger partial charge on any atom is 0.0702 e. The molecule has 2 heterocycles. The Morgan fingerprint density at radius 3 is 2.62 bits per heavy atom. The summed E-state index contributed by atoms with van der Waals surface area (Å²) in [5, 5.41) is 4.70. The van der Waals surface area contributed by atoms with Crippen molar-refractivity contribution in [2.45, 2.75) is 39.0 Å². The van der Waals surface area contributed by atoms with Gasteiger partial charge in [-0.2, -0.15) is 0 Å². The Kier molecular flexibility index (Phi) is 3.96. The van der Waals surface area contributed by atoms with Crippen molar-refractivity contribution in [2.24, 2.45) is 11.8 Å². The Bertz CT molecular complexity index is 627. The van der Waals surface area contributed by atoms with Crippen molar-refractivity contribution in [3.8, 4) is 0 Å². The van der Waals surface area contributed by atoms with Crippen LogP contribution in [0.1, 0.15) is 32.4 Å². The summed E-state index contributed by atoms with van der Waals surface area (Å²) in [7, 11) is 2.04. The highest BCUT2D eigenvalue weighted by atomic mass is 16.5. The molecule has 0 saturated carbocycles. The monoisotopic (exact) mass is 284 g/mol. The van der Waals surface area contributed by atoms with Gasteiger partial charge in [0.1, 0.15) is 0 Å². The zero-order valence-corrected chi connectivity index (χ0v) is 13.2. The highest BCUT2D eigenvalue weighted by Crippen LogP contribution is 2.40. The number of hydrogen-bond donors (Lipinski definition) is 1. The second kappa shape index (κ2) is 5.74. The van der Waals surface area contributed by atoms with Crippen molar-refractivity contribution in [3.63, 3.8) is 0 Å². The van der Waals surface area contributed by atoms with Crippen LogP contribution in [0, 0.1) is 11.8 Å². The molecule has 3 nitrogen and oxygen atoms in total. The van der Waals surface area contributed by atoms with Crippen LogP contribution in [0.4, 0.5) is 0 Å². The van der Waals surface area contributed by atoms with E-state index in [1.807, 2.05) is 19.3 Å². The van der Waals surface area contributed by atoms with Crippen LogP contribution in [0.2, 0.25) is 0 Å². The molecule has 1 fully saturated rings. The Morgan fingerprint density at radius 1 is 1.14 bits per heavy atom. The van der Waals surface area contributed by atoms with Crippen molar-refractivity contribution in [1.82, 2.24) is 10.3 Å². The third-order valence-electron chi connectivity index (χ3n) is 5.00. The minimum Gasteiger partial charge on any atom is -0.375 e. The largest absolute Gasteiger partial charge is 0.375 e. The van der Waals surface area contributed by atoms with Gasteiger partial charge in [-0.05, 0) is 50.6 Å². The number of fused-ring (bicyclic) bond motifs is 1. The second-order valence-corrected chi connectivity index (χ2v) is 6.20. The molecule has 1 saturated heterocycles. The van der Waals surface area contributed by atoms with E-state index < -0.39 is 0 Å². The molecule has 3 rings (SSSR count). The average molecular weight is 284 g/mol. The summed E-state index contributed by atoms with van der Waals surface area (Å²) < 4.78 is 6.03. The molecule has 3 heteroatoms. The molecular formula is C18H24N2O. The fraction of sp³-hybridized carbons (Fsp3) is 0.500. The molecule has 0 spiro atoms. The molecule has 2 aromatic rings. The van der Waals surface area contributed by atoms with Crippen molar-refractivity contribution >= 4 is 10.9 Å². The minimum atomic E-state index is 0.275. The number of aromatic nitrogens is 1. The minimum absolute atomic E-state index is 0.275. The number of pyridine rings is 1. The van der Waals surface area contributed by atoms with Gasteiger partial charge in [0, 0.05) is 23.5 Å². The molecule has 1 N–H and O–H groups in total. The number of nitrogens with one attached hydrogen (secondary N) is 1. The predicted molar refractivity (Wildman–Crippen MR) is 86.2 cm³/mol. The van der Waals surface area contributed by atoms with E-state index in [1.54, 1.807) is 0 Å². The van der Waals surface area contributed by atoms with Gasteiger partial charge in [-0.1, -0.05) is 19.1 Å². The number of ether oxygens (including phenoxy) is 1. The molecule has 0 aliphatic carbocycles. The van der Waals surface area contributed by atoms with Gasteiger partial charge in [-0.3, -0.25) is 4.98 Å². The van der Waals surface area contributed by atoms with E-state index in [4.69, 9.17) is 4.74 Å². The Hall–Kier alpha value is -1.45. The molecule has 1 aliphatic rings. The molecule has 0 amide bonds.